The van der Waals surface area contributed by atoms with E-state index in [-0.39, 0.29) is 6.03 Å². The lowest BCUT2D eigenvalue weighted by atomic mass is 10.1. The lowest BCUT2D eigenvalue weighted by Crippen LogP contribution is -2.40. The van der Waals surface area contributed by atoms with Gasteiger partial charge in [-0.25, -0.2) is 4.79 Å². The lowest BCUT2D eigenvalue weighted by molar-refractivity contribution is 0.217. The first-order chi connectivity index (χ1) is 9.54. The standard InChI is InChI=1S/C15H25N3O2/c1-12(16-9-10-17-15(19)18(2)3)11-13-7-5-6-8-14(13)20-4/h5-8,12,16H,9-11H2,1-4H3,(H,17,19). The maximum absolute atomic E-state index is 11.3. The Kier molecular flexibility index (Phi) is 6.87. The van der Waals surface area contributed by atoms with Crippen LogP contribution < -0.4 is 15.4 Å². The molecule has 1 unspecified atom stereocenters. The summed E-state index contributed by atoms with van der Waals surface area (Å²) in [5, 5.41) is 6.21. The number of rotatable bonds is 7. The second-order valence-electron chi connectivity index (χ2n) is 5.00. The van der Waals surface area contributed by atoms with Crippen LogP contribution in [-0.4, -0.2) is 51.3 Å². The number of urea groups is 1. The zero-order chi connectivity index (χ0) is 15.0. The quantitative estimate of drug-likeness (QED) is 0.744. The van der Waals surface area contributed by atoms with Crippen molar-refractivity contribution in [1.29, 1.82) is 0 Å². The Morgan fingerprint density at radius 1 is 1.30 bits per heavy atom. The van der Waals surface area contributed by atoms with Gasteiger partial charge in [-0.05, 0) is 25.0 Å². The van der Waals surface area contributed by atoms with Crippen molar-refractivity contribution in [3.8, 4) is 5.75 Å². The first-order valence-corrected chi connectivity index (χ1v) is 6.85. The van der Waals surface area contributed by atoms with Gasteiger partial charge in [-0.2, -0.15) is 0 Å². The van der Waals surface area contributed by atoms with Crippen LogP contribution in [0.5, 0.6) is 5.75 Å². The minimum absolute atomic E-state index is 0.0656. The summed E-state index contributed by atoms with van der Waals surface area (Å²) in [6.07, 6.45) is 0.894. The number of ether oxygens (including phenoxy) is 1. The molecule has 1 rings (SSSR count). The number of nitrogens with one attached hydrogen (secondary N) is 2. The predicted octanol–water partition coefficient (Wildman–Crippen LogP) is 1.49. The highest BCUT2D eigenvalue weighted by molar-refractivity contribution is 5.73. The maximum Gasteiger partial charge on any atom is 0.316 e. The summed E-state index contributed by atoms with van der Waals surface area (Å²) in [4.78, 5) is 12.9. The van der Waals surface area contributed by atoms with Gasteiger partial charge >= 0.3 is 6.03 Å². The topological polar surface area (TPSA) is 53.6 Å². The van der Waals surface area contributed by atoms with E-state index in [9.17, 15) is 4.79 Å². The molecule has 0 heterocycles. The van der Waals surface area contributed by atoms with Gasteiger partial charge < -0.3 is 20.3 Å². The first-order valence-electron chi connectivity index (χ1n) is 6.85. The van der Waals surface area contributed by atoms with E-state index in [2.05, 4.69) is 23.6 Å². The van der Waals surface area contributed by atoms with Gasteiger partial charge in [0.05, 0.1) is 7.11 Å². The minimum atomic E-state index is -0.0656. The van der Waals surface area contributed by atoms with Crippen molar-refractivity contribution in [2.75, 3.05) is 34.3 Å². The zero-order valence-corrected chi connectivity index (χ0v) is 12.8. The molecule has 1 aromatic carbocycles. The molecule has 0 radical (unpaired) electrons. The van der Waals surface area contributed by atoms with Crippen LogP contribution in [0.25, 0.3) is 0 Å². The molecule has 1 atom stereocenters. The van der Waals surface area contributed by atoms with Gasteiger partial charge in [0.15, 0.2) is 0 Å². The average molecular weight is 279 g/mol. The fourth-order valence-electron chi connectivity index (χ4n) is 1.92. The largest absolute Gasteiger partial charge is 0.496 e. The second kappa shape index (κ2) is 8.43. The molecular weight excluding hydrogens is 254 g/mol. The minimum Gasteiger partial charge on any atom is -0.496 e. The summed E-state index contributed by atoms with van der Waals surface area (Å²) in [6.45, 7) is 3.49. The molecule has 0 bridgehead atoms. The van der Waals surface area contributed by atoms with E-state index in [4.69, 9.17) is 4.74 Å². The molecule has 2 N–H and O–H groups in total. The number of hydrogen-bond donors (Lipinski definition) is 2. The molecule has 0 saturated carbocycles. The Morgan fingerprint density at radius 2 is 2.00 bits per heavy atom. The highest BCUT2D eigenvalue weighted by atomic mass is 16.5. The third kappa shape index (κ3) is 5.48. The van der Waals surface area contributed by atoms with Crippen LogP contribution in [0.2, 0.25) is 0 Å². The van der Waals surface area contributed by atoms with Gasteiger partial charge in [-0.3, -0.25) is 0 Å². The lowest BCUT2D eigenvalue weighted by Gasteiger charge is -2.17. The van der Waals surface area contributed by atoms with Crippen LogP contribution in [0.15, 0.2) is 24.3 Å². The van der Waals surface area contributed by atoms with Crippen LogP contribution in [-0.2, 0) is 6.42 Å². The summed E-state index contributed by atoms with van der Waals surface area (Å²) in [7, 11) is 5.15. The predicted molar refractivity (Wildman–Crippen MR) is 81.2 cm³/mol. The molecule has 0 fully saturated rings. The number of nitrogens with zero attached hydrogens (tertiary/aromatic N) is 1. The fourth-order valence-corrected chi connectivity index (χ4v) is 1.92. The van der Waals surface area contributed by atoms with Crippen LogP contribution in [0.3, 0.4) is 0 Å². The number of para-hydroxylation sites is 1. The summed E-state index contributed by atoms with van der Waals surface area (Å²) in [5.41, 5.74) is 1.19. The zero-order valence-electron chi connectivity index (χ0n) is 12.8. The van der Waals surface area contributed by atoms with Crippen molar-refractivity contribution < 1.29 is 9.53 Å². The highest BCUT2D eigenvalue weighted by Gasteiger charge is 2.07. The monoisotopic (exact) mass is 279 g/mol. The number of carbonyl (C=O) groups is 1. The Labute approximate surface area is 121 Å². The van der Waals surface area contributed by atoms with Gasteiger partial charge in [0, 0.05) is 33.2 Å². The van der Waals surface area contributed by atoms with Gasteiger partial charge in [-0.1, -0.05) is 18.2 Å². The number of benzene rings is 1. The molecule has 1 aromatic rings. The van der Waals surface area contributed by atoms with E-state index in [1.807, 2.05) is 18.2 Å². The number of methoxy groups -OCH3 is 1. The molecule has 2 amide bonds. The SMILES string of the molecule is COc1ccccc1CC(C)NCCNC(=O)N(C)C. The highest BCUT2D eigenvalue weighted by Crippen LogP contribution is 2.18. The van der Waals surface area contributed by atoms with E-state index < -0.39 is 0 Å². The smallest absolute Gasteiger partial charge is 0.316 e. The summed E-state index contributed by atoms with van der Waals surface area (Å²) < 4.78 is 5.34. The first kappa shape index (κ1) is 16.3. The Balaban J connectivity index is 2.30. The van der Waals surface area contributed by atoms with Gasteiger partial charge in [0.25, 0.3) is 0 Å². The average Bonchev–Trinajstić information content (AvgIpc) is 2.43. The molecular formula is C15H25N3O2. The van der Waals surface area contributed by atoms with Crippen molar-refractivity contribution in [2.24, 2.45) is 0 Å². The van der Waals surface area contributed by atoms with E-state index in [1.54, 1.807) is 21.2 Å². The van der Waals surface area contributed by atoms with E-state index >= 15 is 0 Å². The molecule has 0 aliphatic rings. The molecule has 0 spiro atoms. The molecule has 20 heavy (non-hydrogen) atoms. The molecule has 5 heteroatoms. The van der Waals surface area contributed by atoms with E-state index in [1.165, 1.54) is 10.5 Å². The Bertz CT molecular complexity index is 421. The summed E-state index contributed by atoms with van der Waals surface area (Å²) in [5.74, 6) is 0.919. The van der Waals surface area contributed by atoms with Gasteiger partial charge in [0.2, 0.25) is 0 Å². The van der Waals surface area contributed by atoms with Crippen molar-refractivity contribution in [3.63, 3.8) is 0 Å². The normalized spacial score (nSPS) is 11.8. The third-order valence-corrected chi connectivity index (χ3v) is 3.02. The van der Waals surface area contributed by atoms with Crippen molar-refractivity contribution in [3.05, 3.63) is 29.8 Å². The fraction of sp³-hybridized carbons (Fsp3) is 0.533. The molecule has 0 saturated heterocycles. The summed E-state index contributed by atoms with van der Waals surface area (Å²) >= 11 is 0. The molecule has 0 aliphatic heterocycles. The molecule has 0 aliphatic carbocycles. The summed E-state index contributed by atoms with van der Waals surface area (Å²) in [6, 6.07) is 8.29. The molecule has 5 nitrogen and oxygen atoms in total. The van der Waals surface area contributed by atoms with Crippen molar-refractivity contribution in [2.45, 2.75) is 19.4 Å². The van der Waals surface area contributed by atoms with E-state index in [0.29, 0.717) is 12.6 Å². The van der Waals surface area contributed by atoms with Crippen LogP contribution >= 0.6 is 0 Å². The second-order valence-corrected chi connectivity index (χ2v) is 5.00. The van der Waals surface area contributed by atoms with Crippen LogP contribution in [0.1, 0.15) is 12.5 Å². The maximum atomic E-state index is 11.3. The van der Waals surface area contributed by atoms with Gasteiger partial charge in [-0.15, -0.1) is 0 Å². The van der Waals surface area contributed by atoms with E-state index in [0.717, 1.165) is 18.7 Å². The third-order valence-electron chi connectivity index (χ3n) is 3.02. The van der Waals surface area contributed by atoms with Crippen LogP contribution in [0.4, 0.5) is 4.79 Å². The Hall–Kier alpha value is -1.75. The van der Waals surface area contributed by atoms with Crippen LogP contribution in [0, 0.1) is 0 Å². The molecule has 112 valence electrons. The number of carbonyl (C=O) groups excluding carboxylic acids is 1. The van der Waals surface area contributed by atoms with Crippen molar-refractivity contribution >= 4 is 6.03 Å². The number of hydrogen-bond acceptors (Lipinski definition) is 3. The van der Waals surface area contributed by atoms with Crippen molar-refractivity contribution in [1.82, 2.24) is 15.5 Å². The van der Waals surface area contributed by atoms with Gasteiger partial charge in [0.1, 0.15) is 5.75 Å². The number of amides is 2. The Morgan fingerprint density at radius 3 is 2.65 bits per heavy atom. The molecule has 0 aromatic heterocycles.